The number of aromatic nitrogens is 2. The number of hydrogen-bond donors (Lipinski definition) is 1. The van der Waals surface area contributed by atoms with E-state index in [1.54, 1.807) is 19.2 Å². The van der Waals surface area contributed by atoms with Crippen LogP contribution in [-0.4, -0.2) is 23.0 Å². The van der Waals surface area contributed by atoms with Crippen LogP contribution in [0.2, 0.25) is 10.0 Å². The second-order valence-electron chi connectivity index (χ2n) is 5.05. The minimum absolute atomic E-state index is 0.296. The molecule has 0 saturated carbocycles. The van der Waals surface area contributed by atoms with E-state index < -0.39 is 0 Å². The Balaban J connectivity index is 1.69. The van der Waals surface area contributed by atoms with E-state index in [1.165, 1.54) is 28.7 Å². The number of hydrogen-bond acceptors (Lipinski definition) is 6. The molecular formula is C16H9Cl2N3O2S2. The maximum absolute atomic E-state index is 12.4. The van der Waals surface area contributed by atoms with Gasteiger partial charge in [0, 0.05) is 5.56 Å². The number of methoxy groups -OCH3 is 1. The molecule has 0 fully saturated rings. The van der Waals surface area contributed by atoms with Gasteiger partial charge in [-0.1, -0.05) is 45.9 Å². The topological polar surface area (TPSA) is 64.1 Å². The fourth-order valence-corrected chi connectivity index (χ4v) is 4.56. The van der Waals surface area contributed by atoms with Crippen molar-refractivity contribution in [2.24, 2.45) is 0 Å². The molecule has 4 rings (SSSR count). The number of rotatable bonds is 3. The van der Waals surface area contributed by atoms with Crippen molar-refractivity contribution in [1.29, 1.82) is 0 Å². The Morgan fingerprint density at radius 1 is 1.04 bits per heavy atom. The van der Waals surface area contributed by atoms with Gasteiger partial charge in [0.1, 0.15) is 0 Å². The lowest BCUT2D eigenvalue weighted by atomic mass is 10.2. The predicted octanol–water partition coefficient (Wildman–Crippen LogP) is 5.47. The molecule has 2 heterocycles. The Kier molecular flexibility index (Phi) is 4.24. The second-order valence-corrected chi connectivity index (χ2v) is 7.82. The van der Waals surface area contributed by atoms with Crippen LogP contribution in [0, 0.1) is 0 Å². The van der Waals surface area contributed by atoms with E-state index in [4.69, 9.17) is 27.9 Å². The molecule has 0 atom stereocenters. The summed E-state index contributed by atoms with van der Waals surface area (Å²) in [5, 5.41) is 4.63. The molecule has 0 radical (unpaired) electrons. The van der Waals surface area contributed by atoms with E-state index in [0.29, 0.717) is 25.9 Å². The highest BCUT2D eigenvalue weighted by Crippen LogP contribution is 2.38. The van der Waals surface area contributed by atoms with E-state index in [0.717, 1.165) is 20.4 Å². The molecule has 2 aromatic carbocycles. The third kappa shape index (κ3) is 3.04. The summed E-state index contributed by atoms with van der Waals surface area (Å²) in [7, 11) is 1.59. The summed E-state index contributed by atoms with van der Waals surface area (Å²) in [6.45, 7) is 0. The summed E-state index contributed by atoms with van der Waals surface area (Å²) in [5.41, 5.74) is 2.06. The van der Waals surface area contributed by atoms with Gasteiger partial charge in [-0.3, -0.25) is 10.1 Å². The smallest absolute Gasteiger partial charge is 0.274 e. The molecule has 0 aliphatic heterocycles. The minimum Gasteiger partial charge on any atom is -0.473 e. The maximum atomic E-state index is 12.4. The van der Waals surface area contributed by atoms with Gasteiger partial charge in [-0.05, 0) is 30.3 Å². The summed E-state index contributed by atoms with van der Waals surface area (Å²) in [5.74, 6) is -0.296. The third-order valence-electron chi connectivity index (χ3n) is 3.47. The number of carbonyl (C=O) groups excluding carboxylic acids is 1. The summed E-state index contributed by atoms with van der Waals surface area (Å²) >= 11 is 14.7. The number of amides is 1. The van der Waals surface area contributed by atoms with Crippen molar-refractivity contribution >= 4 is 77.3 Å². The van der Waals surface area contributed by atoms with Crippen LogP contribution in [0.5, 0.6) is 5.19 Å². The summed E-state index contributed by atoms with van der Waals surface area (Å²) < 4.78 is 7.15. The largest absolute Gasteiger partial charge is 0.473 e. The third-order valence-corrected chi connectivity index (χ3v) is 6.39. The average Bonchev–Trinajstić information content (AvgIpc) is 3.19. The molecule has 0 aliphatic rings. The normalized spacial score (nSPS) is 11.2. The monoisotopic (exact) mass is 409 g/mol. The zero-order valence-electron chi connectivity index (χ0n) is 12.7. The number of halogens is 2. The van der Waals surface area contributed by atoms with Gasteiger partial charge in [0.05, 0.1) is 37.6 Å². The molecule has 1 amide bonds. The molecule has 126 valence electrons. The fraction of sp³-hybridized carbons (Fsp3) is 0.0625. The highest BCUT2D eigenvalue weighted by atomic mass is 35.5. The molecule has 0 aliphatic carbocycles. The standard InChI is InChI=1S/C16H9Cl2N3O2S2/c1-23-16-20-11-5-4-10-12(13(11)25-16)24-15(19-10)21-14(22)7-2-3-8(17)9(18)6-7/h2-6H,1H3,(H,19,21,22). The van der Waals surface area contributed by atoms with Crippen molar-refractivity contribution in [3.63, 3.8) is 0 Å². The van der Waals surface area contributed by atoms with Crippen LogP contribution in [0.15, 0.2) is 30.3 Å². The Bertz CT molecular complexity index is 1120. The number of benzene rings is 2. The van der Waals surface area contributed by atoms with Gasteiger partial charge in [-0.15, -0.1) is 0 Å². The molecule has 25 heavy (non-hydrogen) atoms. The van der Waals surface area contributed by atoms with Crippen LogP contribution in [0.4, 0.5) is 5.13 Å². The number of fused-ring (bicyclic) bond motifs is 3. The summed E-state index contributed by atoms with van der Waals surface area (Å²) in [6, 6.07) is 8.50. The van der Waals surface area contributed by atoms with Crippen LogP contribution < -0.4 is 10.1 Å². The molecule has 0 bridgehead atoms. The van der Waals surface area contributed by atoms with Gasteiger partial charge < -0.3 is 4.74 Å². The van der Waals surface area contributed by atoms with Gasteiger partial charge in [-0.25, -0.2) is 9.97 Å². The van der Waals surface area contributed by atoms with Crippen molar-refractivity contribution in [1.82, 2.24) is 9.97 Å². The first-order valence-electron chi connectivity index (χ1n) is 7.05. The highest BCUT2D eigenvalue weighted by Gasteiger charge is 2.15. The van der Waals surface area contributed by atoms with Crippen molar-refractivity contribution in [3.05, 3.63) is 45.9 Å². The van der Waals surface area contributed by atoms with Crippen molar-refractivity contribution in [2.45, 2.75) is 0 Å². The Labute approximate surface area is 160 Å². The molecule has 0 unspecified atom stereocenters. The van der Waals surface area contributed by atoms with Crippen LogP contribution in [-0.2, 0) is 0 Å². The van der Waals surface area contributed by atoms with Crippen molar-refractivity contribution < 1.29 is 9.53 Å². The fourth-order valence-electron chi connectivity index (χ4n) is 2.30. The van der Waals surface area contributed by atoms with E-state index >= 15 is 0 Å². The van der Waals surface area contributed by atoms with Gasteiger partial charge in [-0.2, -0.15) is 0 Å². The van der Waals surface area contributed by atoms with Crippen LogP contribution >= 0.6 is 45.9 Å². The van der Waals surface area contributed by atoms with E-state index in [9.17, 15) is 4.79 Å². The number of nitrogens with zero attached hydrogens (tertiary/aromatic N) is 2. The Morgan fingerprint density at radius 3 is 2.48 bits per heavy atom. The van der Waals surface area contributed by atoms with E-state index in [1.807, 2.05) is 12.1 Å². The molecule has 9 heteroatoms. The maximum Gasteiger partial charge on any atom is 0.274 e. The molecule has 5 nitrogen and oxygen atoms in total. The number of thiazole rings is 2. The zero-order valence-corrected chi connectivity index (χ0v) is 15.8. The van der Waals surface area contributed by atoms with Crippen molar-refractivity contribution in [3.8, 4) is 5.19 Å². The van der Waals surface area contributed by atoms with Crippen molar-refractivity contribution in [2.75, 3.05) is 12.4 Å². The first-order valence-corrected chi connectivity index (χ1v) is 9.44. The predicted molar refractivity (Wildman–Crippen MR) is 104 cm³/mol. The molecule has 2 aromatic heterocycles. The lowest BCUT2D eigenvalue weighted by molar-refractivity contribution is 0.102. The van der Waals surface area contributed by atoms with Crippen LogP contribution in [0.25, 0.3) is 20.4 Å². The lowest BCUT2D eigenvalue weighted by Gasteiger charge is -2.02. The number of anilines is 1. The van der Waals surface area contributed by atoms with E-state index in [2.05, 4.69) is 15.3 Å². The number of ether oxygens (including phenoxy) is 1. The van der Waals surface area contributed by atoms with Gasteiger partial charge in [0.2, 0.25) is 0 Å². The quantitative estimate of drug-likeness (QED) is 0.486. The van der Waals surface area contributed by atoms with Crippen LogP contribution in [0.3, 0.4) is 0 Å². The van der Waals surface area contributed by atoms with Gasteiger partial charge >= 0.3 is 0 Å². The SMILES string of the molecule is COc1nc2ccc3nc(NC(=O)c4ccc(Cl)c(Cl)c4)sc3c2s1. The molecule has 1 N–H and O–H groups in total. The summed E-state index contributed by atoms with van der Waals surface area (Å²) in [6.07, 6.45) is 0. The number of nitrogens with one attached hydrogen (secondary N) is 1. The zero-order chi connectivity index (χ0) is 17.6. The van der Waals surface area contributed by atoms with Crippen LogP contribution in [0.1, 0.15) is 10.4 Å². The Morgan fingerprint density at radius 2 is 1.76 bits per heavy atom. The molecule has 4 aromatic rings. The molecular weight excluding hydrogens is 401 g/mol. The molecule has 0 saturated heterocycles. The van der Waals surface area contributed by atoms with E-state index in [-0.39, 0.29) is 5.91 Å². The molecule has 0 spiro atoms. The second kappa shape index (κ2) is 6.42. The minimum atomic E-state index is -0.296. The number of carbonyl (C=O) groups is 1. The Hall–Kier alpha value is -1.93. The highest BCUT2D eigenvalue weighted by molar-refractivity contribution is 7.29. The van der Waals surface area contributed by atoms with Gasteiger partial charge in [0.15, 0.2) is 5.13 Å². The summed E-state index contributed by atoms with van der Waals surface area (Å²) in [4.78, 5) is 21.2. The average molecular weight is 410 g/mol. The van der Waals surface area contributed by atoms with Gasteiger partial charge in [0.25, 0.3) is 11.1 Å². The first-order chi connectivity index (χ1) is 12.0. The lowest BCUT2D eigenvalue weighted by Crippen LogP contribution is -2.11. The first kappa shape index (κ1) is 16.5.